The van der Waals surface area contributed by atoms with Gasteiger partial charge >= 0.3 is 5.97 Å². The standard InChI is InChI=1S/C24H24N2O5S/c1-14(2)13-26-18-7-6-15(12-25)10-17(18)23(32-20(24(26)29)11-21(27)28)16-4-3-5-19-22(16)31-9-8-30-19/h3-7,10,14,20,23H,8-9,11,13H2,1-2H3,(H,27,28). The number of carbonyl (C=O) groups is 2. The third-order valence-corrected chi connectivity index (χ3v) is 6.84. The first kappa shape index (κ1) is 22.0. The van der Waals surface area contributed by atoms with Crippen LogP contribution in [-0.2, 0) is 9.59 Å². The number of para-hydroxylation sites is 1. The summed E-state index contributed by atoms with van der Waals surface area (Å²) in [6.07, 6.45) is -0.292. The van der Waals surface area contributed by atoms with E-state index in [4.69, 9.17) is 9.47 Å². The Balaban J connectivity index is 1.93. The minimum Gasteiger partial charge on any atom is -0.486 e. The molecule has 2 atom stereocenters. The Kier molecular flexibility index (Phi) is 6.28. The number of nitriles is 1. The van der Waals surface area contributed by atoms with Gasteiger partial charge in [-0.1, -0.05) is 26.0 Å². The van der Waals surface area contributed by atoms with E-state index in [2.05, 4.69) is 6.07 Å². The second-order valence-corrected chi connectivity index (χ2v) is 9.51. The summed E-state index contributed by atoms with van der Waals surface area (Å²) in [7, 11) is 0. The van der Waals surface area contributed by atoms with Crippen molar-refractivity contribution < 1.29 is 24.2 Å². The van der Waals surface area contributed by atoms with Crippen LogP contribution in [0.3, 0.4) is 0 Å². The lowest BCUT2D eigenvalue weighted by Crippen LogP contribution is -2.40. The molecule has 0 aliphatic carbocycles. The van der Waals surface area contributed by atoms with E-state index in [1.807, 2.05) is 32.0 Å². The number of carbonyl (C=O) groups excluding carboxylic acids is 1. The molecule has 7 nitrogen and oxygen atoms in total. The summed E-state index contributed by atoms with van der Waals surface area (Å²) in [6, 6.07) is 13.1. The van der Waals surface area contributed by atoms with Gasteiger partial charge < -0.3 is 19.5 Å². The van der Waals surface area contributed by atoms with E-state index in [9.17, 15) is 20.0 Å². The van der Waals surface area contributed by atoms with Crippen LogP contribution in [0.2, 0.25) is 0 Å². The first-order chi connectivity index (χ1) is 15.4. The summed E-state index contributed by atoms with van der Waals surface area (Å²) >= 11 is 1.29. The number of benzene rings is 2. The van der Waals surface area contributed by atoms with Crippen LogP contribution in [0, 0.1) is 17.2 Å². The molecule has 4 rings (SSSR count). The van der Waals surface area contributed by atoms with Gasteiger partial charge in [0.1, 0.15) is 13.2 Å². The van der Waals surface area contributed by atoms with Crippen LogP contribution in [0.25, 0.3) is 0 Å². The summed E-state index contributed by atoms with van der Waals surface area (Å²) in [5.41, 5.74) is 2.77. The minimum absolute atomic E-state index is 0.177. The van der Waals surface area contributed by atoms with Crippen molar-refractivity contribution in [1.29, 1.82) is 5.26 Å². The number of carboxylic acid groups (broad SMARTS) is 1. The van der Waals surface area contributed by atoms with Gasteiger partial charge in [-0.2, -0.15) is 5.26 Å². The van der Waals surface area contributed by atoms with Crippen LogP contribution >= 0.6 is 11.8 Å². The summed E-state index contributed by atoms with van der Waals surface area (Å²) in [5, 5.41) is 17.9. The largest absolute Gasteiger partial charge is 0.486 e. The lowest BCUT2D eigenvalue weighted by Gasteiger charge is -2.27. The van der Waals surface area contributed by atoms with E-state index in [0.29, 0.717) is 42.5 Å². The molecule has 2 aromatic rings. The van der Waals surface area contributed by atoms with Crippen LogP contribution in [0.5, 0.6) is 11.5 Å². The van der Waals surface area contributed by atoms with Crippen LogP contribution in [0.1, 0.15) is 42.2 Å². The van der Waals surface area contributed by atoms with Crippen LogP contribution in [0.4, 0.5) is 5.69 Å². The Morgan fingerprint density at radius 2 is 2.03 bits per heavy atom. The fourth-order valence-corrected chi connectivity index (χ4v) is 5.54. The predicted molar refractivity (Wildman–Crippen MR) is 121 cm³/mol. The number of aliphatic carboxylic acids is 1. The van der Waals surface area contributed by atoms with E-state index in [1.54, 1.807) is 23.1 Å². The van der Waals surface area contributed by atoms with Crippen molar-refractivity contribution in [2.45, 2.75) is 30.8 Å². The van der Waals surface area contributed by atoms with Crippen molar-refractivity contribution in [2.75, 3.05) is 24.7 Å². The Bertz CT molecular complexity index is 1090. The Hall–Kier alpha value is -3.18. The van der Waals surface area contributed by atoms with Crippen molar-refractivity contribution in [2.24, 2.45) is 5.92 Å². The molecule has 1 amide bonds. The highest BCUT2D eigenvalue weighted by molar-refractivity contribution is 8.01. The first-order valence-corrected chi connectivity index (χ1v) is 11.4. The zero-order valence-electron chi connectivity index (χ0n) is 17.9. The molecular weight excluding hydrogens is 428 g/mol. The molecule has 0 bridgehead atoms. The van der Waals surface area contributed by atoms with Crippen molar-refractivity contribution in [3.05, 3.63) is 53.1 Å². The molecule has 2 aliphatic heterocycles. The number of ether oxygens (including phenoxy) is 2. The smallest absolute Gasteiger partial charge is 0.305 e. The molecule has 0 radical (unpaired) electrons. The second kappa shape index (κ2) is 9.13. The molecular formula is C24H24N2O5S. The molecule has 2 aromatic carbocycles. The number of anilines is 1. The van der Waals surface area contributed by atoms with Crippen LogP contribution in [0.15, 0.2) is 36.4 Å². The van der Waals surface area contributed by atoms with Crippen LogP contribution < -0.4 is 14.4 Å². The van der Waals surface area contributed by atoms with Gasteiger partial charge in [-0.15, -0.1) is 11.8 Å². The van der Waals surface area contributed by atoms with Gasteiger partial charge in [0.2, 0.25) is 5.91 Å². The molecule has 32 heavy (non-hydrogen) atoms. The maximum Gasteiger partial charge on any atom is 0.305 e. The van der Waals surface area contributed by atoms with E-state index >= 15 is 0 Å². The predicted octanol–water partition coefficient (Wildman–Crippen LogP) is 4.00. The molecule has 0 spiro atoms. The molecule has 1 N–H and O–H groups in total. The maximum atomic E-state index is 13.5. The number of hydrogen-bond acceptors (Lipinski definition) is 6. The number of thioether (sulfide) groups is 1. The number of fused-ring (bicyclic) bond motifs is 2. The average Bonchev–Trinajstić information content (AvgIpc) is 2.88. The van der Waals surface area contributed by atoms with Gasteiger partial charge in [0, 0.05) is 17.8 Å². The molecule has 0 saturated carbocycles. The van der Waals surface area contributed by atoms with Gasteiger partial charge in [0.05, 0.1) is 28.6 Å². The van der Waals surface area contributed by atoms with Crippen LogP contribution in [-0.4, -0.2) is 42.0 Å². The Labute approximate surface area is 190 Å². The summed E-state index contributed by atoms with van der Waals surface area (Å²) < 4.78 is 11.7. The maximum absolute atomic E-state index is 13.5. The summed E-state index contributed by atoms with van der Waals surface area (Å²) in [6.45, 7) is 5.33. The van der Waals surface area contributed by atoms with Gasteiger partial charge in [-0.05, 0) is 35.7 Å². The first-order valence-electron chi connectivity index (χ1n) is 10.5. The van der Waals surface area contributed by atoms with E-state index in [1.165, 1.54) is 11.8 Å². The van der Waals surface area contributed by atoms with Gasteiger partial charge in [-0.3, -0.25) is 9.59 Å². The molecule has 166 valence electrons. The lowest BCUT2D eigenvalue weighted by atomic mass is 9.98. The SMILES string of the molecule is CC(C)CN1C(=O)C(CC(=O)O)SC(c2cccc3c2OCCO3)c2cc(C#N)ccc21. The third kappa shape index (κ3) is 4.26. The zero-order valence-corrected chi connectivity index (χ0v) is 18.7. The number of amides is 1. The molecule has 2 heterocycles. The lowest BCUT2D eigenvalue weighted by molar-refractivity contribution is -0.138. The average molecular weight is 453 g/mol. The van der Waals surface area contributed by atoms with Gasteiger partial charge in [0.15, 0.2) is 11.5 Å². The summed E-state index contributed by atoms with van der Waals surface area (Å²) in [5.74, 6) is 0.134. The zero-order chi connectivity index (χ0) is 22.8. The molecule has 2 unspecified atom stereocenters. The third-order valence-electron chi connectivity index (χ3n) is 5.36. The topological polar surface area (TPSA) is 99.9 Å². The fraction of sp³-hybridized carbons (Fsp3) is 0.375. The van der Waals surface area contributed by atoms with Crippen molar-refractivity contribution >= 4 is 29.3 Å². The Morgan fingerprint density at radius 3 is 2.75 bits per heavy atom. The van der Waals surface area contributed by atoms with Gasteiger partial charge in [-0.25, -0.2) is 0 Å². The highest BCUT2D eigenvalue weighted by Gasteiger charge is 2.39. The number of hydrogen-bond donors (Lipinski definition) is 1. The van der Waals surface area contributed by atoms with E-state index < -0.39 is 16.5 Å². The number of rotatable bonds is 5. The summed E-state index contributed by atoms with van der Waals surface area (Å²) in [4.78, 5) is 26.8. The van der Waals surface area contributed by atoms with E-state index in [0.717, 1.165) is 11.1 Å². The monoisotopic (exact) mass is 452 g/mol. The highest BCUT2D eigenvalue weighted by atomic mass is 32.2. The fourth-order valence-electron chi connectivity index (χ4n) is 4.06. The molecule has 0 fully saturated rings. The molecule has 2 aliphatic rings. The van der Waals surface area contributed by atoms with Gasteiger partial charge in [0.25, 0.3) is 0 Å². The van der Waals surface area contributed by atoms with Crippen molar-refractivity contribution in [3.63, 3.8) is 0 Å². The minimum atomic E-state index is -1.03. The quantitative estimate of drug-likeness (QED) is 0.732. The number of carboxylic acids is 1. The molecule has 8 heteroatoms. The second-order valence-electron chi connectivity index (χ2n) is 8.20. The van der Waals surface area contributed by atoms with Crippen molar-refractivity contribution in [3.8, 4) is 17.6 Å². The molecule has 0 saturated heterocycles. The normalized spacial score (nSPS) is 19.8. The Morgan fingerprint density at radius 1 is 1.25 bits per heavy atom. The highest BCUT2D eigenvalue weighted by Crippen LogP contribution is 2.51. The van der Waals surface area contributed by atoms with Crippen molar-refractivity contribution in [1.82, 2.24) is 0 Å². The number of nitrogens with zero attached hydrogens (tertiary/aromatic N) is 2. The van der Waals surface area contributed by atoms with E-state index in [-0.39, 0.29) is 18.2 Å². The molecule has 0 aromatic heterocycles.